The van der Waals surface area contributed by atoms with E-state index in [9.17, 15) is 13.2 Å². The number of rotatable bonds is 3. The summed E-state index contributed by atoms with van der Waals surface area (Å²) in [6, 6.07) is 5.79. The van der Waals surface area contributed by atoms with Crippen molar-refractivity contribution >= 4 is 21.6 Å². The van der Waals surface area contributed by atoms with Gasteiger partial charge in [-0.1, -0.05) is 18.6 Å². The van der Waals surface area contributed by atoms with Gasteiger partial charge < -0.3 is 9.80 Å². The summed E-state index contributed by atoms with van der Waals surface area (Å²) in [5, 5.41) is 0. The number of piperidine rings is 1. The van der Waals surface area contributed by atoms with Crippen LogP contribution in [0.3, 0.4) is 0 Å². The molecule has 0 saturated carbocycles. The number of carbonyl (C=O) groups excluding carboxylic acids is 1. The van der Waals surface area contributed by atoms with Crippen molar-refractivity contribution in [3.05, 3.63) is 29.3 Å². The third kappa shape index (κ3) is 3.88. The van der Waals surface area contributed by atoms with Crippen LogP contribution in [-0.2, 0) is 14.8 Å². The maximum Gasteiger partial charge on any atom is 0.241 e. The van der Waals surface area contributed by atoms with Crippen LogP contribution in [0.5, 0.6) is 0 Å². The molecule has 3 rings (SSSR count). The van der Waals surface area contributed by atoms with Crippen LogP contribution in [-0.4, -0.2) is 68.6 Å². The Morgan fingerprint density at radius 3 is 2.38 bits per heavy atom. The van der Waals surface area contributed by atoms with Crippen LogP contribution in [0.1, 0.15) is 30.4 Å². The number of hydrogen-bond acceptors (Lipinski definition) is 4. The van der Waals surface area contributed by atoms with E-state index in [1.165, 1.54) is 27.4 Å². The Kier molecular flexibility index (Phi) is 5.58. The number of hydrogen-bond donors (Lipinski definition) is 0. The summed E-state index contributed by atoms with van der Waals surface area (Å²) in [6.45, 7) is 7.54. The van der Waals surface area contributed by atoms with E-state index in [4.69, 9.17) is 0 Å². The molecular formula is C19H29N3O3S. The van der Waals surface area contributed by atoms with Gasteiger partial charge >= 0.3 is 0 Å². The fourth-order valence-electron chi connectivity index (χ4n) is 4.01. The number of benzene rings is 1. The van der Waals surface area contributed by atoms with Crippen LogP contribution in [0.2, 0.25) is 0 Å². The minimum atomic E-state index is -3.35. The minimum absolute atomic E-state index is 0.0317. The summed E-state index contributed by atoms with van der Waals surface area (Å²) in [7, 11) is -3.35. The molecule has 0 N–H and O–H groups in total. The Bertz CT molecular complexity index is 770. The van der Waals surface area contributed by atoms with Crippen molar-refractivity contribution in [1.29, 1.82) is 0 Å². The average Bonchev–Trinajstić information content (AvgIpc) is 2.63. The van der Waals surface area contributed by atoms with Crippen LogP contribution in [0.15, 0.2) is 18.2 Å². The molecule has 144 valence electrons. The molecule has 0 spiro atoms. The highest BCUT2D eigenvalue weighted by Crippen LogP contribution is 2.26. The Hall–Kier alpha value is -1.60. The van der Waals surface area contributed by atoms with Gasteiger partial charge in [0.2, 0.25) is 15.9 Å². The van der Waals surface area contributed by atoms with Gasteiger partial charge in [-0.3, -0.25) is 4.79 Å². The molecular weight excluding hydrogens is 350 g/mol. The highest BCUT2D eigenvalue weighted by atomic mass is 32.2. The van der Waals surface area contributed by atoms with Gasteiger partial charge in [0.15, 0.2) is 0 Å². The molecule has 0 radical (unpaired) electrons. The second-order valence-corrected chi connectivity index (χ2v) is 9.35. The summed E-state index contributed by atoms with van der Waals surface area (Å²) in [5.74, 6) is -0.0317. The van der Waals surface area contributed by atoms with Gasteiger partial charge in [0.1, 0.15) is 6.04 Å². The smallest absolute Gasteiger partial charge is 0.241 e. The molecule has 1 aromatic rings. The van der Waals surface area contributed by atoms with Crippen LogP contribution >= 0.6 is 0 Å². The first-order valence-electron chi connectivity index (χ1n) is 9.36. The Labute approximate surface area is 156 Å². The van der Waals surface area contributed by atoms with E-state index in [0.717, 1.165) is 25.9 Å². The lowest BCUT2D eigenvalue weighted by molar-refractivity contribution is -0.136. The zero-order valence-electron chi connectivity index (χ0n) is 15.9. The van der Waals surface area contributed by atoms with Crippen molar-refractivity contribution < 1.29 is 13.2 Å². The highest BCUT2D eigenvalue weighted by Gasteiger charge is 2.37. The van der Waals surface area contributed by atoms with E-state index < -0.39 is 16.1 Å². The summed E-state index contributed by atoms with van der Waals surface area (Å²) < 4.78 is 25.5. The summed E-state index contributed by atoms with van der Waals surface area (Å²) in [6.07, 6.45) is 3.57. The number of sulfonamides is 1. The van der Waals surface area contributed by atoms with Crippen molar-refractivity contribution in [2.75, 3.05) is 43.9 Å². The molecule has 1 aromatic carbocycles. The maximum absolute atomic E-state index is 13.0. The fraction of sp³-hybridized carbons (Fsp3) is 0.632. The molecule has 2 saturated heterocycles. The Balaban J connectivity index is 1.67. The number of amides is 1. The largest absolute Gasteiger partial charge is 0.368 e. The van der Waals surface area contributed by atoms with Crippen LogP contribution in [0, 0.1) is 13.8 Å². The van der Waals surface area contributed by atoms with Crippen molar-refractivity contribution in [1.82, 2.24) is 9.21 Å². The summed E-state index contributed by atoms with van der Waals surface area (Å²) in [5.41, 5.74) is 3.78. The molecule has 2 heterocycles. The monoisotopic (exact) mass is 379 g/mol. The standard InChI is InChI=1S/C19H29N3O3S/c1-15-7-6-9-17(16(15)2)20-11-13-21(14-12-20)19(23)18-8-4-5-10-22(18)26(3,24)25/h6-7,9,18H,4-5,8,10-14H2,1-3H3. The molecule has 1 unspecified atom stereocenters. The first-order valence-corrected chi connectivity index (χ1v) is 11.2. The Morgan fingerprint density at radius 2 is 1.73 bits per heavy atom. The molecule has 2 fully saturated rings. The fourth-order valence-corrected chi connectivity index (χ4v) is 5.12. The predicted octanol–water partition coefficient (Wildman–Crippen LogP) is 1.77. The van der Waals surface area contributed by atoms with Gasteiger partial charge in [0.25, 0.3) is 0 Å². The zero-order valence-corrected chi connectivity index (χ0v) is 16.8. The first kappa shape index (κ1) is 19.2. The molecule has 7 heteroatoms. The topological polar surface area (TPSA) is 60.9 Å². The summed E-state index contributed by atoms with van der Waals surface area (Å²) >= 11 is 0. The highest BCUT2D eigenvalue weighted by molar-refractivity contribution is 7.88. The van der Waals surface area contributed by atoms with Crippen molar-refractivity contribution in [3.63, 3.8) is 0 Å². The molecule has 1 atom stereocenters. The van der Waals surface area contributed by atoms with Crippen molar-refractivity contribution in [2.45, 2.75) is 39.2 Å². The van der Waals surface area contributed by atoms with Crippen molar-refractivity contribution in [2.24, 2.45) is 0 Å². The van der Waals surface area contributed by atoms with Gasteiger partial charge in [0, 0.05) is 38.4 Å². The lowest BCUT2D eigenvalue weighted by Crippen LogP contribution is -2.57. The van der Waals surface area contributed by atoms with E-state index in [2.05, 4.69) is 36.9 Å². The number of nitrogens with zero attached hydrogens (tertiary/aromatic N) is 3. The predicted molar refractivity (Wildman–Crippen MR) is 104 cm³/mol. The normalized spacial score (nSPS) is 22.5. The molecule has 0 aliphatic carbocycles. The number of piperazine rings is 1. The number of anilines is 1. The van der Waals surface area contributed by atoms with Gasteiger partial charge in [0.05, 0.1) is 6.26 Å². The average molecular weight is 380 g/mol. The Morgan fingerprint density at radius 1 is 1.04 bits per heavy atom. The molecule has 2 aliphatic heterocycles. The second-order valence-electron chi connectivity index (χ2n) is 7.42. The van der Waals surface area contributed by atoms with Crippen LogP contribution in [0.25, 0.3) is 0 Å². The number of carbonyl (C=O) groups is 1. The van der Waals surface area contributed by atoms with Crippen LogP contribution < -0.4 is 4.90 Å². The molecule has 6 nitrogen and oxygen atoms in total. The quantitative estimate of drug-likeness (QED) is 0.803. The van der Waals surface area contributed by atoms with E-state index in [1.807, 2.05) is 4.90 Å². The zero-order chi connectivity index (χ0) is 18.9. The third-order valence-corrected chi connectivity index (χ3v) is 6.96. The second kappa shape index (κ2) is 7.56. The minimum Gasteiger partial charge on any atom is -0.368 e. The molecule has 26 heavy (non-hydrogen) atoms. The van der Waals surface area contributed by atoms with Gasteiger partial charge in [-0.05, 0) is 43.9 Å². The third-order valence-electron chi connectivity index (χ3n) is 5.67. The van der Waals surface area contributed by atoms with E-state index in [-0.39, 0.29) is 5.91 Å². The van der Waals surface area contributed by atoms with E-state index in [0.29, 0.717) is 26.1 Å². The van der Waals surface area contributed by atoms with Gasteiger partial charge in [-0.15, -0.1) is 0 Å². The molecule has 1 amide bonds. The van der Waals surface area contributed by atoms with E-state index in [1.54, 1.807) is 0 Å². The van der Waals surface area contributed by atoms with Crippen LogP contribution in [0.4, 0.5) is 5.69 Å². The van der Waals surface area contributed by atoms with E-state index >= 15 is 0 Å². The number of aryl methyl sites for hydroxylation is 1. The maximum atomic E-state index is 13.0. The SMILES string of the molecule is Cc1cccc(N2CCN(C(=O)C3CCCCN3S(C)(=O)=O)CC2)c1C. The van der Waals surface area contributed by atoms with Gasteiger partial charge in [-0.2, -0.15) is 4.31 Å². The molecule has 0 bridgehead atoms. The molecule has 0 aromatic heterocycles. The molecule has 2 aliphatic rings. The summed E-state index contributed by atoms with van der Waals surface area (Å²) in [4.78, 5) is 17.1. The lowest BCUT2D eigenvalue weighted by Gasteiger charge is -2.41. The lowest BCUT2D eigenvalue weighted by atomic mass is 10.0. The van der Waals surface area contributed by atoms with Crippen molar-refractivity contribution in [3.8, 4) is 0 Å². The first-order chi connectivity index (χ1) is 12.3. The van der Waals surface area contributed by atoms with Gasteiger partial charge in [-0.25, -0.2) is 8.42 Å².